The van der Waals surface area contributed by atoms with Crippen molar-refractivity contribution in [1.29, 1.82) is 0 Å². The first-order chi connectivity index (χ1) is 9.26. The van der Waals surface area contributed by atoms with Crippen molar-refractivity contribution in [1.82, 2.24) is 20.3 Å². The molecule has 1 aromatic heterocycles. The third kappa shape index (κ3) is 2.79. The van der Waals surface area contributed by atoms with Crippen LogP contribution in [-0.4, -0.2) is 56.1 Å². The highest BCUT2D eigenvalue weighted by atomic mass is 16.5. The summed E-state index contributed by atoms with van der Waals surface area (Å²) in [6.07, 6.45) is 4.74. The molecule has 3 N–H and O–H groups in total. The molecular formula is C12H20N4O3. The quantitative estimate of drug-likeness (QED) is 0.637. The molecule has 7 nitrogen and oxygen atoms in total. The topological polar surface area (TPSA) is 92.4 Å². The summed E-state index contributed by atoms with van der Waals surface area (Å²) in [6.45, 7) is 0.781. The van der Waals surface area contributed by atoms with E-state index in [1.54, 1.807) is 10.9 Å². The smallest absolute Gasteiger partial charge is 0.108 e. The van der Waals surface area contributed by atoms with Crippen LogP contribution >= 0.6 is 0 Å². The average molecular weight is 268 g/mol. The Kier molecular flexibility index (Phi) is 3.79. The molecular weight excluding hydrogens is 248 g/mol. The number of aliphatic hydroxyl groups excluding tert-OH is 2. The van der Waals surface area contributed by atoms with E-state index in [4.69, 9.17) is 9.84 Å². The zero-order chi connectivity index (χ0) is 13.2. The van der Waals surface area contributed by atoms with Crippen LogP contribution in [0.3, 0.4) is 0 Å². The zero-order valence-corrected chi connectivity index (χ0v) is 10.8. The summed E-state index contributed by atoms with van der Waals surface area (Å²) in [5, 5.41) is 30.2. The molecule has 0 spiro atoms. The Hall–Kier alpha value is -1.02. The average Bonchev–Trinajstić information content (AvgIpc) is 2.93. The van der Waals surface area contributed by atoms with Crippen molar-refractivity contribution < 1.29 is 14.9 Å². The van der Waals surface area contributed by atoms with Crippen LogP contribution in [0.4, 0.5) is 0 Å². The molecule has 3 atom stereocenters. The number of hydrogen-bond acceptors (Lipinski definition) is 6. The van der Waals surface area contributed by atoms with Crippen LogP contribution in [0.15, 0.2) is 6.20 Å². The second-order valence-corrected chi connectivity index (χ2v) is 5.35. The number of aromatic nitrogens is 3. The van der Waals surface area contributed by atoms with Crippen molar-refractivity contribution in [2.45, 2.75) is 56.7 Å². The van der Waals surface area contributed by atoms with E-state index in [9.17, 15) is 5.11 Å². The standard InChI is InChI=1S/C12H20N4O3/c17-6-9-4-16(15-14-9)5-11-12(10(18)7-19-11)13-8-2-1-3-8/h4,8,10-13,17-18H,1-3,5-7H2/t10-,11+,12+/m0/s1. The molecule has 1 aliphatic heterocycles. The summed E-state index contributed by atoms with van der Waals surface area (Å²) in [5.74, 6) is 0. The number of nitrogens with one attached hydrogen (secondary N) is 1. The fourth-order valence-electron chi connectivity index (χ4n) is 2.59. The Balaban J connectivity index is 1.61. The normalized spacial score (nSPS) is 31.6. The van der Waals surface area contributed by atoms with Crippen LogP contribution in [0.25, 0.3) is 0 Å². The molecule has 2 aliphatic rings. The molecule has 106 valence electrons. The maximum absolute atomic E-state index is 9.98. The van der Waals surface area contributed by atoms with Gasteiger partial charge in [0.1, 0.15) is 5.69 Å². The van der Waals surface area contributed by atoms with Gasteiger partial charge in [0, 0.05) is 6.04 Å². The molecule has 1 aromatic rings. The summed E-state index contributed by atoms with van der Waals surface area (Å²) >= 11 is 0. The molecule has 1 aliphatic carbocycles. The fourth-order valence-corrected chi connectivity index (χ4v) is 2.59. The minimum absolute atomic E-state index is 0.0490. The van der Waals surface area contributed by atoms with Gasteiger partial charge in [0.05, 0.1) is 44.2 Å². The maximum atomic E-state index is 9.98. The number of rotatable bonds is 5. The molecule has 0 bridgehead atoms. The van der Waals surface area contributed by atoms with Crippen molar-refractivity contribution in [3.05, 3.63) is 11.9 Å². The summed E-state index contributed by atoms with van der Waals surface area (Å²) < 4.78 is 7.29. The predicted octanol–water partition coefficient (Wildman–Crippen LogP) is -0.959. The van der Waals surface area contributed by atoms with Crippen LogP contribution in [0.2, 0.25) is 0 Å². The Morgan fingerprint density at radius 1 is 1.47 bits per heavy atom. The van der Waals surface area contributed by atoms with Crippen LogP contribution in [0.1, 0.15) is 25.0 Å². The van der Waals surface area contributed by atoms with Gasteiger partial charge in [-0.2, -0.15) is 0 Å². The molecule has 3 rings (SSSR count). The molecule has 2 heterocycles. The van der Waals surface area contributed by atoms with Gasteiger partial charge in [-0.15, -0.1) is 5.10 Å². The van der Waals surface area contributed by atoms with Gasteiger partial charge in [-0.1, -0.05) is 11.6 Å². The van der Waals surface area contributed by atoms with Crippen LogP contribution in [-0.2, 0) is 17.9 Å². The molecule has 0 unspecified atom stereocenters. The van der Waals surface area contributed by atoms with Gasteiger partial charge in [0.2, 0.25) is 0 Å². The molecule has 7 heteroatoms. The minimum Gasteiger partial charge on any atom is -0.390 e. The molecule has 0 amide bonds. The lowest BCUT2D eigenvalue weighted by Crippen LogP contribution is -2.51. The lowest BCUT2D eigenvalue weighted by Gasteiger charge is -2.32. The van der Waals surface area contributed by atoms with Crippen molar-refractivity contribution >= 4 is 0 Å². The first-order valence-corrected chi connectivity index (χ1v) is 6.82. The van der Waals surface area contributed by atoms with Gasteiger partial charge in [0.15, 0.2) is 0 Å². The third-order valence-electron chi connectivity index (χ3n) is 3.94. The van der Waals surface area contributed by atoms with Crippen molar-refractivity contribution in [3.8, 4) is 0 Å². The van der Waals surface area contributed by atoms with E-state index in [2.05, 4.69) is 15.6 Å². The largest absolute Gasteiger partial charge is 0.390 e. The zero-order valence-electron chi connectivity index (χ0n) is 10.8. The van der Waals surface area contributed by atoms with E-state index in [0.717, 1.165) is 0 Å². The third-order valence-corrected chi connectivity index (χ3v) is 3.94. The number of ether oxygens (including phenoxy) is 1. The summed E-state index contributed by atoms with van der Waals surface area (Å²) in [4.78, 5) is 0. The second kappa shape index (κ2) is 5.54. The lowest BCUT2D eigenvalue weighted by molar-refractivity contribution is 0.0722. The molecule has 19 heavy (non-hydrogen) atoms. The molecule has 2 fully saturated rings. The van der Waals surface area contributed by atoms with E-state index < -0.39 is 6.10 Å². The second-order valence-electron chi connectivity index (χ2n) is 5.35. The first-order valence-electron chi connectivity index (χ1n) is 6.82. The van der Waals surface area contributed by atoms with Crippen molar-refractivity contribution in [2.75, 3.05) is 6.61 Å². The molecule has 0 radical (unpaired) electrons. The predicted molar refractivity (Wildman–Crippen MR) is 66.3 cm³/mol. The van der Waals surface area contributed by atoms with Crippen molar-refractivity contribution in [3.63, 3.8) is 0 Å². The summed E-state index contributed by atoms with van der Waals surface area (Å²) in [6, 6.07) is 0.458. The Morgan fingerprint density at radius 2 is 2.32 bits per heavy atom. The first kappa shape index (κ1) is 13.0. The fraction of sp³-hybridized carbons (Fsp3) is 0.833. The van der Waals surface area contributed by atoms with Crippen LogP contribution < -0.4 is 5.32 Å². The van der Waals surface area contributed by atoms with E-state index in [1.165, 1.54) is 19.3 Å². The molecule has 1 saturated carbocycles. The number of nitrogens with zero attached hydrogens (tertiary/aromatic N) is 3. The summed E-state index contributed by atoms with van der Waals surface area (Å²) in [7, 11) is 0. The van der Waals surface area contributed by atoms with Crippen LogP contribution in [0.5, 0.6) is 0 Å². The van der Waals surface area contributed by atoms with Gasteiger partial charge >= 0.3 is 0 Å². The Labute approximate surface area is 111 Å². The van der Waals surface area contributed by atoms with E-state index in [1.807, 2.05) is 0 Å². The van der Waals surface area contributed by atoms with E-state index in [0.29, 0.717) is 24.9 Å². The lowest BCUT2D eigenvalue weighted by atomic mass is 9.91. The van der Waals surface area contributed by atoms with Crippen LogP contribution in [0, 0.1) is 0 Å². The monoisotopic (exact) mass is 268 g/mol. The van der Waals surface area contributed by atoms with Gasteiger partial charge in [-0.05, 0) is 12.8 Å². The SMILES string of the molecule is OCc1cn(C[C@H]2OC[C@H](O)[C@H]2NC2CCC2)nn1. The van der Waals surface area contributed by atoms with Gasteiger partial charge < -0.3 is 20.3 Å². The molecule has 1 saturated heterocycles. The number of aliphatic hydroxyl groups is 2. The van der Waals surface area contributed by atoms with Gasteiger partial charge in [0.25, 0.3) is 0 Å². The van der Waals surface area contributed by atoms with E-state index >= 15 is 0 Å². The minimum atomic E-state index is -0.466. The summed E-state index contributed by atoms with van der Waals surface area (Å²) in [5.41, 5.74) is 0.544. The van der Waals surface area contributed by atoms with Gasteiger partial charge in [-0.25, -0.2) is 4.68 Å². The van der Waals surface area contributed by atoms with Gasteiger partial charge in [-0.3, -0.25) is 0 Å². The highest BCUT2D eigenvalue weighted by Gasteiger charge is 2.38. The Morgan fingerprint density at radius 3 is 2.95 bits per heavy atom. The Bertz CT molecular complexity index is 421. The van der Waals surface area contributed by atoms with E-state index in [-0.39, 0.29) is 18.8 Å². The maximum Gasteiger partial charge on any atom is 0.108 e. The number of hydrogen-bond donors (Lipinski definition) is 3. The van der Waals surface area contributed by atoms with Crippen molar-refractivity contribution in [2.24, 2.45) is 0 Å². The highest BCUT2D eigenvalue weighted by molar-refractivity contribution is 4.95. The molecule has 0 aromatic carbocycles. The highest BCUT2D eigenvalue weighted by Crippen LogP contribution is 2.23.